The maximum Gasteiger partial charge on any atom is 0.303 e. The van der Waals surface area contributed by atoms with E-state index in [-0.39, 0.29) is 12.5 Å². The second-order valence-corrected chi connectivity index (χ2v) is 5.10. The molecule has 21 heavy (non-hydrogen) atoms. The minimum atomic E-state index is -0.740. The summed E-state index contributed by atoms with van der Waals surface area (Å²) in [4.78, 5) is 10.6. The second-order valence-electron chi connectivity index (χ2n) is 5.10. The Hall–Kier alpha value is -2.13. The first kappa shape index (κ1) is 15.3. The van der Waals surface area contributed by atoms with E-state index in [1.807, 2.05) is 36.4 Å². The highest BCUT2D eigenvalue weighted by molar-refractivity contribution is 5.66. The first-order valence-electron chi connectivity index (χ1n) is 7.30. The fourth-order valence-corrected chi connectivity index (χ4v) is 2.36. The molecule has 110 valence electrons. The zero-order valence-corrected chi connectivity index (χ0v) is 12.0. The van der Waals surface area contributed by atoms with E-state index in [0.29, 0.717) is 13.0 Å². The molecule has 0 saturated carbocycles. The molecule has 3 nitrogen and oxygen atoms in total. The Bertz CT molecular complexity index is 540. The molecule has 2 N–H and O–H groups in total. The van der Waals surface area contributed by atoms with Crippen molar-refractivity contribution in [2.75, 3.05) is 6.54 Å². The normalized spacial score (nSPS) is 12.0. The molecule has 0 fully saturated rings. The van der Waals surface area contributed by atoms with Crippen molar-refractivity contribution in [2.45, 2.75) is 25.3 Å². The van der Waals surface area contributed by atoms with Crippen LogP contribution in [0.2, 0.25) is 0 Å². The molecule has 0 bridgehead atoms. The number of benzene rings is 2. The Kier molecular flexibility index (Phi) is 5.98. The van der Waals surface area contributed by atoms with E-state index >= 15 is 0 Å². The lowest BCUT2D eigenvalue weighted by Crippen LogP contribution is -2.24. The second kappa shape index (κ2) is 8.22. The van der Waals surface area contributed by atoms with Crippen molar-refractivity contribution in [3.8, 4) is 0 Å². The van der Waals surface area contributed by atoms with Crippen molar-refractivity contribution in [1.29, 1.82) is 0 Å². The van der Waals surface area contributed by atoms with E-state index < -0.39 is 5.97 Å². The van der Waals surface area contributed by atoms with E-state index in [9.17, 15) is 4.79 Å². The highest BCUT2D eigenvalue weighted by Crippen LogP contribution is 2.18. The predicted molar refractivity (Wildman–Crippen MR) is 84.2 cm³/mol. The number of aliphatic carboxylic acids is 1. The van der Waals surface area contributed by atoms with E-state index in [4.69, 9.17) is 5.11 Å². The van der Waals surface area contributed by atoms with E-state index in [2.05, 4.69) is 29.6 Å². The standard InChI is InChI=1S/C18H21NO2/c20-18(21)12-7-13-19-17(16-10-5-2-6-11-16)14-15-8-3-1-4-9-15/h1-6,8-11,17,19H,7,12-14H2,(H,20,21). The summed E-state index contributed by atoms with van der Waals surface area (Å²) < 4.78 is 0. The molecule has 1 atom stereocenters. The maximum absolute atomic E-state index is 10.6. The van der Waals surface area contributed by atoms with Crippen molar-refractivity contribution in [1.82, 2.24) is 5.32 Å². The SMILES string of the molecule is O=C(O)CCCNC(Cc1ccccc1)c1ccccc1. The number of carbonyl (C=O) groups is 1. The van der Waals surface area contributed by atoms with Gasteiger partial charge in [-0.1, -0.05) is 60.7 Å². The average Bonchev–Trinajstić information content (AvgIpc) is 2.52. The minimum absolute atomic E-state index is 0.208. The monoisotopic (exact) mass is 283 g/mol. The van der Waals surface area contributed by atoms with Crippen molar-refractivity contribution >= 4 is 5.97 Å². The quantitative estimate of drug-likeness (QED) is 0.730. The molecule has 0 radical (unpaired) electrons. The Labute approximate surface area is 125 Å². The number of carboxylic acids is 1. The molecule has 1 unspecified atom stereocenters. The molecule has 0 heterocycles. The number of hydrogen-bond donors (Lipinski definition) is 2. The van der Waals surface area contributed by atoms with Gasteiger partial charge in [0.2, 0.25) is 0 Å². The van der Waals surface area contributed by atoms with Gasteiger partial charge in [-0.25, -0.2) is 0 Å². The van der Waals surface area contributed by atoms with Crippen LogP contribution < -0.4 is 5.32 Å². The lowest BCUT2D eigenvalue weighted by Gasteiger charge is -2.19. The zero-order valence-electron chi connectivity index (χ0n) is 12.0. The number of rotatable bonds is 8. The summed E-state index contributed by atoms with van der Waals surface area (Å²) in [7, 11) is 0. The lowest BCUT2D eigenvalue weighted by atomic mass is 9.99. The van der Waals surface area contributed by atoms with Crippen LogP contribution in [0.4, 0.5) is 0 Å². The molecule has 2 aromatic carbocycles. The zero-order chi connectivity index (χ0) is 14.9. The Morgan fingerprint density at radius 1 is 1.00 bits per heavy atom. The molecule has 0 spiro atoms. The molecular weight excluding hydrogens is 262 g/mol. The lowest BCUT2D eigenvalue weighted by molar-refractivity contribution is -0.137. The molecular formula is C18H21NO2. The highest BCUT2D eigenvalue weighted by Gasteiger charge is 2.11. The van der Waals surface area contributed by atoms with E-state index in [0.717, 1.165) is 6.42 Å². The van der Waals surface area contributed by atoms with E-state index in [1.165, 1.54) is 11.1 Å². The van der Waals surface area contributed by atoms with Crippen molar-refractivity contribution < 1.29 is 9.90 Å². The molecule has 0 aliphatic heterocycles. The van der Waals surface area contributed by atoms with E-state index in [1.54, 1.807) is 0 Å². The Morgan fingerprint density at radius 3 is 2.24 bits per heavy atom. The third kappa shape index (κ3) is 5.40. The van der Waals surface area contributed by atoms with Crippen LogP contribution in [0.5, 0.6) is 0 Å². The summed E-state index contributed by atoms with van der Waals surface area (Å²) in [5, 5.41) is 12.2. The summed E-state index contributed by atoms with van der Waals surface area (Å²) in [5.74, 6) is -0.740. The molecule has 0 aromatic heterocycles. The van der Waals surface area contributed by atoms with Crippen LogP contribution in [0.15, 0.2) is 60.7 Å². The molecule has 2 rings (SSSR count). The van der Waals surface area contributed by atoms with Gasteiger partial charge in [-0.3, -0.25) is 4.79 Å². The van der Waals surface area contributed by atoms with Gasteiger partial charge < -0.3 is 10.4 Å². The van der Waals surface area contributed by atoms with Crippen LogP contribution in [0, 0.1) is 0 Å². The van der Waals surface area contributed by atoms with Gasteiger partial charge in [0.25, 0.3) is 0 Å². The van der Waals surface area contributed by atoms with Gasteiger partial charge in [-0.15, -0.1) is 0 Å². The fraction of sp³-hybridized carbons (Fsp3) is 0.278. The van der Waals surface area contributed by atoms with Crippen LogP contribution in [-0.2, 0) is 11.2 Å². The summed E-state index contributed by atoms with van der Waals surface area (Å²) in [6.07, 6.45) is 1.76. The molecule has 0 saturated heterocycles. The highest BCUT2D eigenvalue weighted by atomic mass is 16.4. The predicted octanol–water partition coefficient (Wildman–Crippen LogP) is 3.42. The minimum Gasteiger partial charge on any atom is -0.481 e. The molecule has 0 amide bonds. The maximum atomic E-state index is 10.6. The summed E-state index contributed by atoms with van der Waals surface area (Å²) in [6.45, 7) is 0.707. The third-order valence-electron chi connectivity index (χ3n) is 3.44. The van der Waals surface area contributed by atoms with Gasteiger partial charge in [0.1, 0.15) is 0 Å². The van der Waals surface area contributed by atoms with Crippen LogP contribution in [0.1, 0.15) is 30.0 Å². The van der Waals surface area contributed by atoms with Crippen LogP contribution in [0.3, 0.4) is 0 Å². The Balaban J connectivity index is 1.99. The molecule has 0 aliphatic rings. The Morgan fingerprint density at radius 2 is 1.62 bits per heavy atom. The number of hydrogen-bond acceptors (Lipinski definition) is 2. The van der Waals surface area contributed by atoms with Crippen molar-refractivity contribution in [2.24, 2.45) is 0 Å². The van der Waals surface area contributed by atoms with Gasteiger partial charge in [0, 0.05) is 12.5 Å². The first-order valence-corrected chi connectivity index (χ1v) is 7.30. The van der Waals surface area contributed by atoms with Crippen molar-refractivity contribution in [3.63, 3.8) is 0 Å². The number of carboxylic acid groups (broad SMARTS) is 1. The fourth-order valence-electron chi connectivity index (χ4n) is 2.36. The molecule has 0 aliphatic carbocycles. The first-order chi connectivity index (χ1) is 10.3. The summed E-state index contributed by atoms with van der Waals surface area (Å²) >= 11 is 0. The van der Waals surface area contributed by atoms with Crippen LogP contribution >= 0.6 is 0 Å². The van der Waals surface area contributed by atoms with Gasteiger partial charge in [-0.05, 0) is 30.5 Å². The molecule has 3 heteroatoms. The summed E-state index contributed by atoms with van der Waals surface area (Å²) in [6, 6.07) is 20.8. The number of nitrogens with one attached hydrogen (secondary N) is 1. The van der Waals surface area contributed by atoms with Gasteiger partial charge in [0.05, 0.1) is 0 Å². The average molecular weight is 283 g/mol. The van der Waals surface area contributed by atoms with Crippen LogP contribution in [-0.4, -0.2) is 17.6 Å². The van der Waals surface area contributed by atoms with Crippen molar-refractivity contribution in [3.05, 3.63) is 71.8 Å². The van der Waals surface area contributed by atoms with Gasteiger partial charge in [0.15, 0.2) is 0 Å². The van der Waals surface area contributed by atoms with Gasteiger partial charge in [-0.2, -0.15) is 0 Å². The smallest absolute Gasteiger partial charge is 0.303 e. The summed E-state index contributed by atoms with van der Waals surface area (Å²) in [5.41, 5.74) is 2.51. The third-order valence-corrected chi connectivity index (χ3v) is 3.44. The topological polar surface area (TPSA) is 49.3 Å². The van der Waals surface area contributed by atoms with Crippen LogP contribution in [0.25, 0.3) is 0 Å². The largest absolute Gasteiger partial charge is 0.481 e. The molecule has 2 aromatic rings. The van der Waals surface area contributed by atoms with Gasteiger partial charge >= 0.3 is 5.97 Å².